The van der Waals surface area contributed by atoms with E-state index in [0.717, 1.165) is 0 Å². The standard InChI is InChI=1S/C16H15ClN2O5/c1-10(16(20)18-13-6-4-3-5-12(13)17)24-15-9-11(19(21)22)7-8-14(15)23-2/h3-10H,1-2H3,(H,18,20)/t10-/m0/s1. The van der Waals surface area contributed by atoms with E-state index in [1.165, 1.54) is 32.2 Å². The Labute approximate surface area is 143 Å². The van der Waals surface area contributed by atoms with E-state index >= 15 is 0 Å². The van der Waals surface area contributed by atoms with Gasteiger partial charge in [-0.05, 0) is 25.1 Å². The van der Waals surface area contributed by atoms with Gasteiger partial charge in [0.25, 0.3) is 11.6 Å². The molecule has 0 unspecified atom stereocenters. The van der Waals surface area contributed by atoms with Crippen LogP contribution in [0.25, 0.3) is 0 Å². The molecule has 1 atom stereocenters. The van der Waals surface area contributed by atoms with Gasteiger partial charge in [0.05, 0.1) is 28.8 Å². The fraction of sp³-hybridized carbons (Fsp3) is 0.188. The van der Waals surface area contributed by atoms with Crippen molar-refractivity contribution in [2.45, 2.75) is 13.0 Å². The van der Waals surface area contributed by atoms with Gasteiger partial charge >= 0.3 is 0 Å². The van der Waals surface area contributed by atoms with Crippen molar-refractivity contribution in [3.8, 4) is 11.5 Å². The van der Waals surface area contributed by atoms with Crippen LogP contribution in [-0.2, 0) is 4.79 Å². The van der Waals surface area contributed by atoms with Gasteiger partial charge in [-0.25, -0.2) is 0 Å². The average Bonchev–Trinajstić information content (AvgIpc) is 2.56. The fourth-order valence-corrected chi connectivity index (χ4v) is 2.09. The molecule has 0 aliphatic rings. The predicted molar refractivity (Wildman–Crippen MR) is 89.8 cm³/mol. The van der Waals surface area contributed by atoms with Gasteiger partial charge in [0.1, 0.15) is 0 Å². The molecule has 24 heavy (non-hydrogen) atoms. The highest BCUT2D eigenvalue weighted by Crippen LogP contribution is 2.32. The Morgan fingerprint density at radius 1 is 1.25 bits per heavy atom. The SMILES string of the molecule is COc1ccc([N+](=O)[O-])cc1O[C@@H](C)C(=O)Nc1ccccc1Cl. The number of carbonyl (C=O) groups is 1. The lowest BCUT2D eigenvalue weighted by Gasteiger charge is -2.17. The second-order valence-electron chi connectivity index (χ2n) is 4.82. The first-order valence-corrected chi connectivity index (χ1v) is 7.34. The molecule has 126 valence electrons. The summed E-state index contributed by atoms with van der Waals surface area (Å²) < 4.78 is 10.6. The molecule has 0 heterocycles. The van der Waals surface area contributed by atoms with Crippen molar-refractivity contribution in [2.75, 3.05) is 12.4 Å². The number of rotatable bonds is 6. The van der Waals surface area contributed by atoms with Gasteiger partial charge in [-0.3, -0.25) is 14.9 Å². The van der Waals surface area contributed by atoms with Crippen molar-refractivity contribution in [1.29, 1.82) is 0 Å². The van der Waals surface area contributed by atoms with Crippen LogP contribution in [0.1, 0.15) is 6.92 Å². The number of nitrogens with zero attached hydrogens (tertiary/aromatic N) is 1. The summed E-state index contributed by atoms with van der Waals surface area (Å²) in [6.07, 6.45) is -0.919. The number of non-ortho nitro benzene ring substituents is 1. The van der Waals surface area contributed by atoms with Crippen LogP contribution in [0.5, 0.6) is 11.5 Å². The number of ether oxygens (including phenoxy) is 2. The number of hydrogen-bond donors (Lipinski definition) is 1. The van der Waals surface area contributed by atoms with Gasteiger partial charge < -0.3 is 14.8 Å². The van der Waals surface area contributed by atoms with Gasteiger partial charge in [0.2, 0.25) is 0 Å². The summed E-state index contributed by atoms with van der Waals surface area (Å²) in [5, 5.41) is 13.9. The van der Waals surface area contributed by atoms with E-state index < -0.39 is 16.9 Å². The maximum absolute atomic E-state index is 12.2. The molecule has 0 aliphatic heterocycles. The molecule has 2 rings (SSSR count). The third-order valence-electron chi connectivity index (χ3n) is 3.16. The van der Waals surface area contributed by atoms with Crippen LogP contribution < -0.4 is 14.8 Å². The first kappa shape index (κ1) is 17.6. The Hall–Kier alpha value is -2.80. The molecule has 0 spiro atoms. The summed E-state index contributed by atoms with van der Waals surface area (Å²) in [4.78, 5) is 22.5. The van der Waals surface area contributed by atoms with E-state index in [0.29, 0.717) is 10.7 Å². The van der Waals surface area contributed by atoms with Gasteiger partial charge in [-0.15, -0.1) is 0 Å². The Kier molecular flexibility index (Phi) is 5.59. The van der Waals surface area contributed by atoms with Gasteiger partial charge in [-0.2, -0.15) is 0 Å². The minimum Gasteiger partial charge on any atom is -0.493 e. The van der Waals surface area contributed by atoms with Crippen molar-refractivity contribution in [3.63, 3.8) is 0 Å². The summed E-state index contributed by atoms with van der Waals surface area (Å²) in [6.45, 7) is 1.52. The Morgan fingerprint density at radius 3 is 2.58 bits per heavy atom. The molecule has 0 saturated carbocycles. The first-order valence-electron chi connectivity index (χ1n) is 6.97. The predicted octanol–water partition coefficient (Wildman–Crippen LogP) is 3.66. The van der Waals surface area contributed by atoms with Crippen molar-refractivity contribution in [3.05, 3.63) is 57.6 Å². The lowest BCUT2D eigenvalue weighted by molar-refractivity contribution is -0.385. The highest BCUT2D eigenvalue weighted by atomic mass is 35.5. The highest BCUT2D eigenvalue weighted by Gasteiger charge is 2.20. The van der Waals surface area contributed by atoms with Crippen LogP contribution in [0, 0.1) is 10.1 Å². The molecule has 0 saturated heterocycles. The number of nitrogens with one attached hydrogen (secondary N) is 1. The second-order valence-corrected chi connectivity index (χ2v) is 5.23. The topological polar surface area (TPSA) is 90.7 Å². The monoisotopic (exact) mass is 350 g/mol. The number of nitro groups is 1. The van der Waals surface area contributed by atoms with Crippen molar-refractivity contribution in [2.24, 2.45) is 0 Å². The van der Waals surface area contributed by atoms with Crippen LogP contribution in [0.2, 0.25) is 5.02 Å². The first-order chi connectivity index (χ1) is 11.4. The lowest BCUT2D eigenvalue weighted by Crippen LogP contribution is -2.30. The van der Waals surface area contributed by atoms with E-state index in [-0.39, 0.29) is 17.2 Å². The molecule has 1 amide bonds. The molecule has 0 aromatic heterocycles. The zero-order valence-electron chi connectivity index (χ0n) is 13.0. The van der Waals surface area contributed by atoms with Crippen LogP contribution in [0.3, 0.4) is 0 Å². The number of methoxy groups -OCH3 is 1. The number of nitro benzene ring substituents is 1. The second kappa shape index (κ2) is 7.65. The molecular formula is C16H15ClN2O5. The summed E-state index contributed by atoms with van der Waals surface area (Å²) in [5.41, 5.74) is 0.287. The minimum absolute atomic E-state index is 0.105. The zero-order chi connectivity index (χ0) is 17.7. The molecule has 7 nitrogen and oxygen atoms in total. The normalized spacial score (nSPS) is 11.5. The minimum atomic E-state index is -0.919. The fourth-order valence-electron chi connectivity index (χ4n) is 1.91. The number of amides is 1. The van der Waals surface area contributed by atoms with Crippen molar-refractivity contribution >= 4 is 28.9 Å². The van der Waals surface area contributed by atoms with Crippen LogP contribution >= 0.6 is 11.6 Å². The number of benzene rings is 2. The summed E-state index contributed by atoms with van der Waals surface area (Å²) in [6, 6.07) is 10.7. The molecule has 2 aromatic carbocycles. The molecular weight excluding hydrogens is 336 g/mol. The van der Waals surface area contributed by atoms with Gasteiger partial charge in [0, 0.05) is 6.07 Å². The maximum Gasteiger partial charge on any atom is 0.273 e. The van der Waals surface area contributed by atoms with E-state index in [1.54, 1.807) is 24.3 Å². The molecule has 1 N–H and O–H groups in total. The summed E-state index contributed by atoms with van der Waals surface area (Å²) in [7, 11) is 1.41. The molecule has 0 aliphatic carbocycles. The van der Waals surface area contributed by atoms with Crippen LogP contribution in [0.15, 0.2) is 42.5 Å². The Morgan fingerprint density at radius 2 is 1.96 bits per heavy atom. The van der Waals surface area contributed by atoms with E-state index in [1.807, 2.05) is 0 Å². The quantitative estimate of drug-likeness (QED) is 0.634. The Balaban J connectivity index is 2.15. The number of para-hydroxylation sites is 1. The number of carbonyl (C=O) groups excluding carboxylic acids is 1. The number of hydrogen-bond acceptors (Lipinski definition) is 5. The number of halogens is 1. The summed E-state index contributed by atoms with van der Waals surface area (Å²) in [5.74, 6) is -0.0526. The summed E-state index contributed by atoms with van der Waals surface area (Å²) >= 11 is 5.99. The van der Waals surface area contributed by atoms with E-state index in [9.17, 15) is 14.9 Å². The van der Waals surface area contributed by atoms with Crippen LogP contribution in [0.4, 0.5) is 11.4 Å². The maximum atomic E-state index is 12.2. The van der Waals surface area contributed by atoms with E-state index in [4.69, 9.17) is 21.1 Å². The molecule has 0 fully saturated rings. The lowest BCUT2D eigenvalue weighted by atomic mass is 10.2. The molecule has 0 radical (unpaired) electrons. The zero-order valence-corrected chi connectivity index (χ0v) is 13.7. The number of anilines is 1. The molecule has 2 aromatic rings. The third-order valence-corrected chi connectivity index (χ3v) is 3.49. The highest BCUT2D eigenvalue weighted by molar-refractivity contribution is 6.33. The molecule has 8 heteroatoms. The Bertz CT molecular complexity index is 766. The van der Waals surface area contributed by atoms with Crippen LogP contribution in [-0.4, -0.2) is 24.0 Å². The largest absolute Gasteiger partial charge is 0.493 e. The molecule has 0 bridgehead atoms. The van der Waals surface area contributed by atoms with E-state index in [2.05, 4.69) is 5.32 Å². The average molecular weight is 351 g/mol. The van der Waals surface area contributed by atoms with Crippen molar-refractivity contribution in [1.82, 2.24) is 0 Å². The third kappa shape index (κ3) is 4.14. The van der Waals surface area contributed by atoms with Gasteiger partial charge in [-0.1, -0.05) is 23.7 Å². The van der Waals surface area contributed by atoms with Gasteiger partial charge in [0.15, 0.2) is 17.6 Å². The van der Waals surface area contributed by atoms with Crippen molar-refractivity contribution < 1.29 is 19.2 Å². The smallest absolute Gasteiger partial charge is 0.273 e.